The van der Waals surface area contributed by atoms with Gasteiger partial charge in [-0.05, 0) is 0 Å². The Morgan fingerprint density at radius 2 is 2.12 bits per heavy atom. The van der Waals surface area contributed by atoms with Crippen LogP contribution in [0.25, 0.3) is 0 Å². The van der Waals surface area contributed by atoms with Crippen LogP contribution >= 0.6 is 0 Å². The largest absolute Gasteiger partial charge is 0.0999 e. The monoisotopic (exact) mass is 108 g/mol. The maximum absolute atomic E-state index is 2.25. The molecule has 8 heavy (non-hydrogen) atoms. The molecule has 0 aliphatic rings. The van der Waals surface area contributed by atoms with Gasteiger partial charge in [-0.15, -0.1) is 0 Å². The first-order valence-electron chi connectivity index (χ1n) is 3.44. The summed E-state index contributed by atoms with van der Waals surface area (Å²) in [7, 11) is 4.38. The van der Waals surface area contributed by atoms with Crippen molar-refractivity contribution >= 4 is 14.3 Å². The Labute approximate surface area is 54.5 Å². The summed E-state index contributed by atoms with van der Waals surface area (Å²) < 4.78 is 0. The Kier molecular flexibility index (Phi) is 5.36. The Bertz CT molecular complexity index is 39.8. The van der Waals surface area contributed by atoms with E-state index in [1.165, 1.54) is 12.8 Å². The maximum Gasteiger partial charge on any atom is 0.0688 e. The van der Waals surface area contributed by atoms with Crippen LogP contribution in [0.1, 0.15) is 26.7 Å². The molecule has 0 N–H and O–H groups in total. The fourth-order valence-electron chi connectivity index (χ4n) is 0.880. The van der Waals surface area contributed by atoms with Crippen LogP contribution in [0.15, 0.2) is 0 Å². The van der Waals surface area contributed by atoms with Crippen molar-refractivity contribution < 1.29 is 0 Å². The average Bonchev–Trinajstić information content (AvgIpc) is 1.68. The minimum absolute atomic E-state index is 0.782. The molecule has 0 amide bonds. The highest BCUT2D eigenvalue weighted by atomic mass is 13.9. The molecule has 0 heterocycles. The summed E-state index contributed by atoms with van der Waals surface area (Å²) in [6, 6.07) is 0. The molecule has 0 fully saturated rings. The van der Waals surface area contributed by atoms with Crippen molar-refractivity contribution in [3.8, 4) is 0 Å². The van der Waals surface area contributed by atoms with Crippen LogP contribution in [0.3, 0.4) is 0 Å². The van der Waals surface area contributed by atoms with Gasteiger partial charge in [-0.25, -0.2) is 0 Å². The third-order valence-electron chi connectivity index (χ3n) is 1.26. The van der Waals surface area contributed by atoms with Gasteiger partial charge < -0.3 is 0 Å². The molecule has 0 saturated carbocycles. The summed E-state index contributed by atoms with van der Waals surface area (Å²) >= 11 is 0. The van der Waals surface area contributed by atoms with Gasteiger partial charge in [-0.1, -0.05) is 39.3 Å². The fraction of sp³-hybridized carbons (Fsp3) is 1.00. The number of hydrogen-bond donors (Lipinski definition) is 0. The maximum atomic E-state index is 2.25. The van der Waals surface area contributed by atoms with E-state index >= 15 is 0 Å². The Morgan fingerprint density at radius 1 is 1.50 bits per heavy atom. The van der Waals surface area contributed by atoms with Crippen molar-refractivity contribution in [2.45, 2.75) is 39.3 Å². The van der Waals surface area contributed by atoms with Gasteiger partial charge in [-0.3, -0.25) is 0 Å². The summed E-state index contributed by atoms with van der Waals surface area (Å²) in [5, 5.41) is 0. The molecule has 0 saturated heterocycles. The van der Waals surface area contributed by atoms with E-state index in [0.29, 0.717) is 0 Å². The highest BCUT2D eigenvalue weighted by molar-refractivity contribution is 7.00. The summed E-state index contributed by atoms with van der Waals surface area (Å²) in [5.41, 5.74) is 0. The van der Waals surface area contributed by atoms with Crippen LogP contribution in [0.5, 0.6) is 0 Å². The van der Waals surface area contributed by atoms with E-state index in [0.717, 1.165) is 5.82 Å². The lowest BCUT2D eigenvalue weighted by Crippen LogP contribution is -2.04. The Hall–Kier alpha value is 0.130. The minimum Gasteiger partial charge on any atom is -0.0999 e. The smallest absolute Gasteiger partial charge is 0.0688 e. The minimum atomic E-state index is 0.782. The molecule has 0 bridgehead atoms. The SMILES string of the molecule is C[B][B]C(C)CCC. The van der Waals surface area contributed by atoms with Gasteiger partial charge in [-0.2, -0.15) is 0 Å². The first kappa shape index (κ1) is 8.13. The molecule has 0 aromatic rings. The van der Waals surface area contributed by atoms with E-state index in [2.05, 4.69) is 35.0 Å². The zero-order chi connectivity index (χ0) is 6.41. The van der Waals surface area contributed by atoms with E-state index < -0.39 is 0 Å². The van der Waals surface area contributed by atoms with Crippen LogP contribution < -0.4 is 0 Å². The van der Waals surface area contributed by atoms with Gasteiger partial charge in [0.1, 0.15) is 0 Å². The van der Waals surface area contributed by atoms with Crippen molar-refractivity contribution in [3.05, 3.63) is 0 Å². The van der Waals surface area contributed by atoms with Crippen LogP contribution in [-0.2, 0) is 0 Å². The Morgan fingerprint density at radius 3 is 2.50 bits per heavy atom. The van der Waals surface area contributed by atoms with Gasteiger partial charge >= 0.3 is 0 Å². The van der Waals surface area contributed by atoms with Crippen LogP contribution in [-0.4, -0.2) is 14.3 Å². The van der Waals surface area contributed by atoms with Crippen molar-refractivity contribution in [3.63, 3.8) is 0 Å². The summed E-state index contributed by atoms with van der Waals surface area (Å²) in [6.45, 7) is 6.55. The van der Waals surface area contributed by atoms with E-state index in [-0.39, 0.29) is 0 Å². The lowest BCUT2D eigenvalue weighted by molar-refractivity contribution is 0.767. The fourth-order valence-corrected chi connectivity index (χ4v) is 0.880. The highest BCUT2D eigenvalue weighted by Crippen LogP contribution is 2.08. The molecule has 0 aliphatic carbocycles. The number of rotatable bonds is 4. The topological polar surface area (TPSA) is 0 Å². The van der Waals surface area contributed by atoms with Crippen molar-refractivity contribution in [2.75, 3.05) is 0 Å². The molecule has 0 aromatic heterocycles. The third-order valence-corrected chi connectivity index (χ3v) is 1.26. The highest BCUT2D eigenvalue weighted by Gasteiger charge is 1.97. The second-order valence-corrected chi connectivity index (χ2v) is 2.29. The molecule has 0 nitrogen and oxygen atoms in total. The molecule has 0 spiro atoms. The molecule has 2 radical (unpaired) electrons. The molecule has 44 valence electrons. The van der Waals surface area contributed by atoms with Crippen LogP contribution in [0.2, 0.25) is 12.6 Å². The first-order valence-corrected chi connectivity index (χ1v) is 3.44. The average molecular weight is 108 g/mol. The zero-order valence-corrected chi connectivity index (χ0v) is 6.15. The number of hydrogen-bond acceptors (Lipinski definition) is 0. The summed E-state index contributed by atoms with van der Waals surface area (Å²) in [5.74, 6) is 0.782. The summed E-state index contributed by atoms with van der Waals surface area (Å²) in [4.78, 5) is 0. The molecule has 0 rings (SSSR count). The predicted octanol–water partition coefficient (Wildman–Crippen LogP) is 1.97. The predicted molar refractivity (Wildman–Crippen MR) is 41.7 cm³/mol. The van der Waals surface area contributed by atoms with Gasteiger partial charge in [0.05, 0.1) is 14.3 Å². The van der Waals surface area contributed by atoms with E-state index in [4.69, 9.17) is 0 Å². The molecule has 1 unspecified atom stereocenters. The molecular formula is C6H14B2. The van der Waals surface area contributed by atoms with Gasteiger partial charge in [0, 0.05) is 0 Å². The van der Waals surface area contributed by atoms with Crippen LogP contribution in [0.4, 0.5) is 0 Å². The van der Waals surface area contributed by atoms with Crippen molar-refractivity contribution in [2.24, 2.45) is 0 Å². The molecular weight excluding hydrogens is 93.7 g/mol. The zero-order valence-electron chi connectivity index (χ0n) is 6.15. The second kappa shape index (κ2) is 5.27. The normalized spacial score (nSPS) is 12.9. The van der Waals surface area contributed by atoms with Crippen molar-refractivity contribution in [1.29, 1.82) is 0 Å². The third kappa shape index (κ3) is 4.29. The quantitative estimate of drug-likeness (QED) is 0.482. The first-order chi connectivity index (χ1) is 3.81. The van der Waals surface area contributed by atoms with E-state index in [1.54, 1.807) is 0 Å². The molecule has 0 aliphatic heterocycles. The Balaban J connectivity index is 2.92. The van der Waals surface area contributed by atoms with Crippen molar-refractivity contribution in [1.82, 2.24) is 0 Å². The molecule has 1 atom stereocenters. The van der Waals surface area contributed by atoms with Gasteiger partial charge in [0.15, 0.2) is 0 Å². The molecule has 0 aromatic carbocycles. The van der Waals surface area contributed by atoms with Gasteiger partial charge in [0.25, 0.3) is 0 Å². The lowest BCUT2D eigenvalue weighted by Gasteiger charge is -2.04. The summed E-state index contributed by atoms with van der Waals surface area (Å²) in [6.07, 6.45) is 2.62. The van der Waals surface area contributed by atoms with E-state index in [9.17, 15) is 0 Å². The molecule has 2 heteroatoms. The second-order valence-electron chi connectivity index (χ2n) is 2.29. The lowest BCUT2D eigenvalue weighted by atomic mass is 9.35. The van der Waals surface area contributed by atoms with E-state index in [1.807, 2.05) is 0 Å². The van der Waals surface area contributed by atoms with Gasteiger partial charge in [0.2, 0.25) is 0 Å². The van der Waals surface area contributed by atoms with Crippen LogP contribution in [0, 0.1) is 0 Å². The standard InChI is InChI=1S/C6H14B2/c1-4-5-6(2)8-7-3/h6H,4-5H2,1-3H3.